The van der Waals surface area contributed by atoms with Crippen molar-refractivity contribution in [1.29, 1.82) is 0 Å². The van der Waals surface area contributed by atoms with Crippen molar-refractivity contribution in [2.45, 2.75) is 67.2 Å². The number of benzene rings is 1. The fourth-order valence-electron chi connectivity index (χ4n) is 3.63. The Bertz CT molecular complexity index is 1150. The molecule has 0 radical (unpaired) electrons. The number of aryl methyl sites for hydroxylation is 2. The van der Waals surface area contributed by atoms with Crippen LogP contribution in [0.1, 0.15) is 63.8 Å². The van der Waals surface area contributed by atoms with Crippen molar-refractivity contribution < 1.29 is 17.6 Å². The highest BCUT2D eigenvalue weighted by Crippen LogP contribution is 2.31. The van der Waals surface area contributed by atoms with Crippen molar-refractivity contribution in [2.24, 2.45) is 0 Å². The Balaban J connectivity index is 0.00000363. The van der Waals surface area contributed by atoms with Crippen molar-refractivity contribution >= 4 is 22.6 Å². The number of nitrogens with one attached hydrogen (secondary N) is 1. The molecule has 174 valence electrons. The van der Waals surface area contributed by atoms with Gasteiger partial charge >= 0.3 is 6.18 Å². The zero-order valence-corrected chi connectivity index (χ0v) is 18.3. The molecule has 32 heavy (non-hydrogen) atoms. The van der Waals surface area contributed by atoms with Crippen molar-refractivity contribution in [3.8, 4) is 0 Å². The largest absolute Gasteiger partial charge is 0.408 e. The maximum atomic E-state index is 14.9. The van der Waals surface area contributed by atoms with Crippen LogP contribution >= 0.6 is 0 Å². The van der Waals surface area contributed by atoms with E-state index in [0.29, 0.717) is 33.4 Å². The number of alkyl halides is 3. The maximum Gasteiger partial charge on any atom is 0.408 e. The van der Waals surface area contributed by atoms with Crippen LogP contribution in [-0.4, -0.2) is 31.7 Å². The van der Waals surface area contributed by atoms with E-state index in [-0.39, 0.29) is 19.4 Å². The molecule has 1 aromatic carbocycles. The first kappa shape index (κ1) is 25.3. The molecule has 0 fully saturated rings. The van der Waals surface area contributed by atoms with E-state index < -0.39 is 18.0 Å². The molecule has 2 heterocycles. The van der Waals surface area contributed by atoms with Gasteiger partial charge in [-0.25, -0.2) is 19.3 Å². The van der Waals surface area contributed by atoms with Gasteiger partial charge in [0, 0.05) is 17.8 Å². The summed E-state index contributed by atoms with van der Waals surface area (Å²) in [7, 11) is 0. The third-order valence-corrected chi connectivity index (χ3v) is 5.15. The summed E-state index contributed by atoms with van der Waals surface area (Å²) in [4.78, 5) is 12.6. The predicted molar refractivity (Wildman–Crippen MR) is 120 cm³/mol. The number of fused-ring (bicyclic) bond motifs is 1. The van der Waals surface area contributed by atoms with Crippen molar-refractivity contribution in [2.75, 3.05) is 5.32 Å². The standard InChI is InChI=1S/C22H25F4N5.CH4/c1-7-16(17-10-27-21(28-12(17)4)29-13(5)22(24,25)26)15-8-18(23)20-19(9-15)31(11(2)3)14(6)30-20;/h7-11,13H,1-6H3,(H,27,28,29);1H4/b16-7-;/t13-;/m1./s1. The number of aromatic nitrogens is 4. The van der Waals surface area contributed by atoms with Gasteiger partial charge in [0.15, 0.2) is 5.82 Å². The molecule has 0 aliphatic heterocycles. The van der Waals surface area contributed by atoms with Gasteiger partial charge in [-0.1, -0.05) is 13.5 Å². The Morgan fingerprint density at radius 2 is 1.78 bits per heavy atom. The second-order valence-electron chi connectivity index (χ2n) is 7.75. The molecule has 2 aromatic heterocycles. The van der Waals surface area contributed by atoms with E-state index in [9.17, 15) is 17.6 Å². The van der Waals surface area contributed by atoms with Gasteiger partial charge in [0.2, 0.25) is 5.95 Å². The topological polar surface area (TPSA) is 55.6 Å². The van der Waals surface area contributed by atoms with Crippen LogP contribution in [0.3, 0.4) is 0 Å². The van der Waals surface area contributed by atoms with Gasteiger partial charge < -0.3 is 9.88 Å². The lowest BCUT2D eigenvalue weighted by molar-refractivity contribution is -0.138. The molecule has 0 saturated heterocycles. The smallest absolute Gasteiger partial charge is 0.343 e. The lowest BCUT2D eigenvalue weighted by Gasteiger charge is -2.18. The number of halogens is 4. The molecule has 0 saturated carbocycles. The van der Waals surface area contributed by atoms with Gasteiger partial charge in [-0.3, -0.25) is 0 Å². The summed E-state index contributed by atoms with van der Waals surface area (Å²) < 4.78 is 55.3. The number of imidazole rings is 1. The summed E-state index contributed by atoms with van der Waals surface area (Å²) in [5.74, 6) is 0.165. The molecule has 0 bridgehead atoms. The number of nitrogens with zero attached hydrogens (tertiary/aromatic N) is 4. The Labute approximate surface area is 185 Å². The summed E-state index contributed by atoms with van der Waals surface area (Å²) in [5.41, 5.74) is 3.37. The Kier molecular flexibility index (Phi) is 7.32. The first-order valence-electron chi connectivity index (χ1n) is 9.96. The molecule has 3 aromatic rings. The van der Waals surface area contributed by atoms with Gasteiger partial charge in [0.25, 0.3) is 0 Å². The minimum atomic E-state index is -4.41. The molecule has 0 spiro atoms. The van der Waals surface area contributed by atoms with E-state index in [0.717, 1.165) is 12.7 Å². The summed E-state index contributed by atoms with van der Waals surface area (Å²) in [6.07, 6.45) is -1.15. The highest BCUT2D eigenvalue weighted by molar-refractivity contribution is 5.87. The molecule has 5 nitrogen and oxygen atoms in total. The number of allylic oxidation sites excluding steroid dienone is 1. The first-order chi connectivity index (χ1) is 14.4. The summed E-state index contributed by atoms with van der Waals surface area (Å²) in [5, 5.41) is 2.26. The van der Waals surface area contributed by atoms with Gasteiger partial charge in [-0.2, -0.15) is 13.2 Å². The minimum absolute atomic E-state index is 0. The average molecular weight is 452 g/mol. The highest BCUT2D eigenvalue weighted by atomic mass is 19.4. The van der Waals surface area contributed by atoms with E-state index >= 15 is 0 Å². The molecule has 3 rings (SSSR count). The van der Waals surface area contributed by atoms with Gasteiger partial charge in [-0.15, -0.1) is 0 Å². The van der Waals surface area contributed by atoms with Crippen LogP contribution in [0.2, 0.25) is 0 Å². The normalized spacial score (nSPS) is 13.4. The molecule has 9 heteroatoms. The van der Waals surface area contributed by atoms with E-state index in [2.05, 4.69) is 20.3 Å². The van der Waals surface area contributed by atoms with E-state index in [4.69, 9.17) is 0 Å². The predicted octanol–water partition coefficient (Wildman–Crippen LogP) is 6.61. The van der Waals surface area contributed by atoms with Crippen LogP contribution in [-0.2, 0) is 0 Å². The van der Waals surface area contributed by atoms with Crippen LogP contribution in [0.5, 0.6) is 0 Å². The van der Waals surface area contributed by atoms with E-state index in [1.165, 1.54) is 12.3 Å². The quantitative estimate of drug-likeness (QED) is 0.443. The average Bonchev–Trinajstić information content (AvgIpc) is 3.00. The molecule has 0 aliphatic carbocycles. The van der Waals surface area contributed by atoms with Gasteiger partial charge in [0.1, 0.15) is 17.4 Å². The second kappa shape index (κ2) is 9.26. The zero-order chi connectivity index (χ0) is 23.1. The van der Waals surface area contributed by atoms with Crippen molar-refractivity contribution in [3.05, 3.63) is 52.9 Å². The second-order valence-corrected chi connectivity index (χ2v) is 7.75. The lowest BCUT2D eigenvalue weighted by atomic mass is 9.97. The van der Waals surface area contributed by atoms with E-state index in [1.807, 2.05) is 31.4 Å². The molecule has 0 unspecified atom stereocenters. The molecule has 1 atom stereocenters. The number of anilines is 1. The van der Waals surface area contributed by atoms with Gasteiger partial charge in [0.05, 0.1) is 11.2 Å². The number of hydrogen-bond acceptors (Lipinski definition) is 4. The molecule has 1 N–H and O–H groups in total. The van der Waals surface area contributed by atoms with E-state index in [1.54, 1.807) is 19.9 Å². The third-order valence-electron chi connectivity index (χ3n) is 5.15. The number of rotatable bonds is 5. The molecular weight excluding hydrogens is 422 g/mol. The summed E-state index contributed by atoms with van der Waals surface area (Å²) >= 11 is 0. The Hall–Kier alpha value is -2.97. The van der Waals surface area contributed by atoms with Crippen LogP contribution in [0.25, 0.3) is 16.6 Å². The van der Waals surface area contributed by atoms with Crippen molar-refractivity contribution in [1.82, 2.24) is 19.5 Å². The number of hydrogen-bond donors (Lipinski definition) is 1. The molecule has 0 aliphatic rings. The van der Waals surface area contributed by atoms with Crippen LogP contribution in [0.15, 0.2) is 24.4 Å². The summed E-state index contributed by atoms with van der Waals surface area (Å²) in [6, 6.07) is 1.59. The lowest BCUT2D eigenvalue weighted by Crippen LogP contribution is -2.33. The maximum absolute atomic E-state index is 14.9. The van der Waals surface area contributed by atoms with Crippen LogP contribution < -0.4 is 5.32 Å². The zero-order valence-electron chi connectivity index (χ0n) is 18.3. The highest BCUT2D eigenvalue weighted by Gasteiger charge is 2.36. The Morgan fingerprint density at radius 3 is 2.31 bits per heavy atom. The minimum Gasteiger partial charge on any atom is -0.343 e. The monoisotopic (exact) mass is 451 g/mol. The van der Waals surface area contributed by atoms with Crippen LogP contribution in [0.4, 0.5) is 23.5 Å². The summed E-state index contributed by atoms with van der Waals surface area (Å²) in [6.45, 7) is 10.3. The first-order valence-corrected chi connectivity index (χ1v) is 9.96. The Morgan fingerprint density at radius 1 is 1.12 bits per heavy atom. The fourth-order valence-corrected chi connectivity index (χ4v) is 3.63. The molecular formula is C23H29F4N5. The fraction of sp³-hybridized carbons (Fsp3) is 0.435. The SMILES string of the molecule is C.C/C=C(/c1cc(F)c2nc(C)n(C(C)C)c2c1)c1cnc(N[C@H](C)C(F)(F)F)nc1C. The molecule has 0 amide bonds. The van der Waals surface area contributed by atoms with Gasteiger partial charge in [-0.05, 0) is 64.8 Å². The third kappa shape index (κ3) is 4.76. The van der Waals surface area contributed by atoms with Crippen molar-refractivity contribution in [3.63, 3.8) is 0 Å². The van der Waals surface area contributed by atoms with Crippen LogP contribution in [0, 0.1) is 19.7 Å².